The number of hydrogen-bond acceptors (Lipinski definition) is 2. The van der Waals surface area contributed by atoms with Crippen molar-refractivity contribution in [2.75, 3.05) is 14.1 Å². The van der Waals surface area contributed by atoms with Crippen molar-refractivity contribution in [2.24, 2.45) is 5.92 Å². The lowest BCUT2D eigenvalue weighted by Gasteiger charge is -2.34. The first-order valence-electron chi connectivity index (χ1n) is 6.84. The van der Waals surface area contributed by atoms with Crippen LogP contribution < -0.4 is 10.6 Å². The highest BCUT2D eigenvalue weighted by Crippen LogP contribution is 2.34. The maximum atomic E-state index is 13.3. The van der Waals surface area contributed by atoms with Crippen LogP contribution in [0.3, 0.4) is 0 Å². The Morgan fingerprint density at radius 3 is 2.44 bits per heavy atom. The van der Waals surface area contributed by atoms with Gasteiger partial charge in [-0.2, -0.15) is 0 Å². The van der Waals surface area contributed by atoms with Crippen LogP contribution in [0.25, 0.3) is 0 Å². The first-order valence-corrected chi connectivity index (χ1v) is 6.84. The average Bonchev–Trinajstić information content (AvgIpc) is 2.40. The minimum atomic E-state index is -0.142. The number of benzene rings is 1. The third-order valence-electron chi connectivity index (χ3n) is 4.17. The predicted octanol–water partition coefficient (Wildman–Crippen LogP) is 2.86. The Balaban J connectivity index is 2.05. The standard InChI is InChI=1S/C15H23FN2/c1-17-14-8-6-11(7-9-14)15(18-2)12-4-3-5-13(16)10-12/h3-5,10-11,14-15,17-18H,6-9H2,1-2H3. The van der Waals surface area contributed by atoms with Crippen molar-refractivity contribution in [3.63, 3.8) is 0 Å². The molecule has 0 amide bonds. The van der Waals surface area contributed by atoms with Gasteiger partial charge in [0.15, 0.2) is 0 Å². The van der Waals surface area contributed by atoms with E-state index in [0.29, 0.717) is 12.0 Å². The highest BCUT2D eigenvalue weighted by atomic mass is 19.1. The summed E-state index contributed by atoms with van der Waals surface area (Å²) in [7, 11) is 4.01. The van der Waals surface area contributed by atoms with Gasteiger partial charge in [0.2, 0.25) is 0 Å². The van der Waals surface area contributed by atoms with Gasteiger partial charge in [-0.05, 0) is 63.4 Å². The molecule has 2 nitrogen and oxygen atoms in total. The van der Waals surface area contributed by atoms with Crippen molar-refractivity contribution in [1.29, 1.82) is 0 Å². The van der Waals surface area contributed by atoms with Gasteiger partial charge in [-0.15, -0.1) is 0 Å². The molecule has 0 aliphatic heterocycles. The van der Waals surface area contributed by atoms with Crippen LogP contribution in [-0.2, 0) is 0 Å². The van der Waals surface area contributed by atoms with E-state index in [1.807, 2.05) is 20.2 Å². The Hall–Kier alpha value is -0.930. The molecule has 1 aliphatic carbocycles. The molecule has 1 fully saturated rings. The Morgan fingerprint density at radius 1 is 1.17 bits per heavy atom. The lowest BCUT2D eigenvalue weighted by atomic mass is 9.79. The van der Waals surface area contributed by atoms with Crippen LogP contribution in [0.1, 0.15) is 37.3 Å². The van der Waals surface area contributed by atoms with Crippen LogP contribution in [0.5, 0.6) is 0 Å². The fourth-order valence-corrected chi connectivity index (χ4v) is 3.12. The molecular formula is C15H23FN2. The van der Waals surface area contributed by atoms with Crippen molar-refractivity contribution in [2.45, 2.75) is 37.8 Å². The number of hydrogen-bond donors (Lipinski definition) is 2. The largest absolute Gasteiger partial charge is 0.317 e. The third-order valence-corrected chi connectivity index (χ3v) is 4.17. The van der Waals surface area contributed by atoms with E-state index in [1.165, 1.54) is 31.7 Å². The maximum absolute atomic E-state index is 13.3. The van der Waals surface area contributed by atoms with Crippen molar-refractivity contribution >= 4 is 0 Å². The Kier molecular flexibility index (Phi) is 4.72. The van der Waals surface area contributed by atoms with E-state index in [9.17, 15) is 4.39 Å². The van der Waals surface area contributed by atoms with Gasteiger partial charge < -0.3 is 10.6 Å². The molecule has 2 rings (SSSR count). The van der Waals surface area contributed by atoms with Gasteiger partial charge >= 0.3 is 0 Å². The van der Waals surface area contributed by atoms with Gasteiger partial charge in [0, 0.05) is 12.1 Å². The molecule has 0 radical (unpaired) electrons. The van der Waals surface area contributed by atoms with E-state index >= 15 is 0 Å². The van der Waals surface area contributed by atoms with E-state index in [4.69, 9.17) is 0 Å². The fourth-order valence-electron chi connectivity index (χ4n) is 3.12. The summed E-state index contributed by atoms with van der Waals surface area (Å²) in [5.41, 5.74) is 1.07. The summed E-state index contributed by atoms with van der Waals surface area (Å²) in [6.45, 7) is 0. The zero-order chi connectivity index (χ0) is 13.0. The van der Waals surface area contributed by atoms with Crippen LogP contribution >= 0.6 is 0 Å². The van der Waals surface area contributed by atoms with Crippen molar-refractivity contribution in [3.8, 4) is 0 Å². The average molecular weight is 250 g/mol. The summed E-state index contributed by atoms with van der Waals surface area (Å²) in [4.78, 5) is 0. The molecule has 0 saturated heterocycles. The topological polar surface area (TPSA) is 24.1 Å². The highest BCUT2D eigenvalue weighted by molar-refractivity contribution is 5.21. The third kappa shape index (κ3) is 3.09. The molecule has 3 heteroatoms. The molecule has 0 spiro atoms. The monoisotopic (exact) mass is 250 g/mol. The van der Waals surface area contributed by atoms with Crippen molar-refractivity contribution < 1.29 is 4.39 Å². The van der Waals surface area contributed by atoms with E-state index in [1.54, 1.807) is 12.1 Å². The van der Waals surface area contributed by atoms with Crippen LogP contribution in [0, 0.1) is 11.7 Å². The smallest absolute Gasteiger partial charge is 0.123 e. The van der Waals surface area contributed by atoms with Crippen LogP contribution in [-0.4, -0.2) is 20.1 Å². The Morgan fingerprint density at radius 2 is 1.89 bits per heavy atom. The number of nitrogens with one attached hydrogen (secondary N) is 2. The van der Waals surface area contributed by atoms with Gasteiger partial charge in [0.25, 0.3) is 0 Å². The van der Waals surface area contributed by atoms with Gasteiger partial charge in [0.05, 0.1) is 0 Å². The maximum Gasteiger partial charge on any atom is 0.123 e. The highest BCUT2D eigenvalue weighted by Gasteiger charge is 2.27. The molecule has 1 saturated carbocycles. The fraction of sp³-hybridized carbons (Fsp3) is 0.600. The lowest BCUT2D eigenvalue weighted by molar-refractivity contribution is 0.247. The summed E-state index contributed by atoms with van der Waals surface area (Å²) in [5, 5.41) is 6.71. The van der Waals surface area contributed by atoms with Crippen LogP contribution in [0.15, 0.2) is 24.3 Å². The van der Waals surface area contributed by atoms with E-state index in [-0.39, 0.29) is 11.9 Å². The minimum absolute atomic E-state index is 0.142. The lowest BCUT2D eigenvalue weighted by Crippen LogP contribution is -2.34. The predicted molar refractivity (Wildman–Crippen MR) is 73.0 cm³/mol. The second kappa shape index (κ2) is 6.30. The van der Waals surface area contributed by atoms with Crippen LogP contribution in [0.4, 0.5) is 4.39 Å². The van der Waals surface area contributed by atoms with Gasteiger partial charge in [-0.3, -0.25) is 0 Å². The minimum Gasteiger partial charge on any atom is -0.317 e. The van der Waals surface area contributed by atoms with Gasteiger partial charge in [0.1, 0.15) is 5.82 Å². The molecule has 1 aliphatic rings. The molecule has 1 atom stereocenters. The molecule has 1 unspecified atom stereocenters. The quantitative estimate of drug-likeness (QED) is 0.858. The van der Waals surface area contributed by atoms with Crippen LogP contribution in [0.2, 0.25) is 0 Å². The van der Waals surface area contributed by atoms with Crippen molar-refractivity contribution in [3.05, 3.63) is 35.6 Å². The normalized spacial score (nSPS) is 25.9. The molecule has 0 bridgehead atoms. The molecule has 0 aromatic heterocycles. The zero-order valence-electron chi connectivity index (χ0n) is 11.2. The van der Waals surface area contributed by atoms with E-state index in [2.05, 4.69) is 10.6 Å². The summed E-state index contributed by atoms with van der Waals surface area (Å²) in [6, 6.07) is 7.92. The molecule has 1 aromatic carbocycles. The number of rotatable bonds is 4. The summed E-state index contributed by atoms with van der Waals surface area (Å²) in [5.74, 6) is 0.470. The van der Waals surface area contributed by atoms with Gasteiger partial charge in [-0.1, -0.05) is 12.1 Å². The molecule has 2 N–H and O–H groups in total. The second-order valence-corrected chi connectivity index (χ2v) is 5.22. The summed E-state index contributed by atoms with van der Waals surface area (Å²) in [6.07, 6.45) is 4.84. The zero-order valence-corrected chi connectivity index (χ0v) is 11.2. The second-order valence-electron chi connectivity index (χ2n) is 5.22. The molecule has 1 aromatic rings. The number of halogens is 1. The van der Waals surface area contributed by atoms with E-state index < -0.39 is 0 Å². The Bertz CT molecular complexity index is 373. The molecule has 18 heavy (non-hydrogen) atoms. The Labute approximate surface area is 109 Å². The molecule has 0 heterocycles. The SMILES string of the molecule is CNC1CCC(C(NC)c2cccc(F)c2)CC1. The van der Waals surface area contributed by atoms with Crippen molar-refractivity contribution in [1.82, 2.24) is 10.6 Å². The van der Waals surface area contributed by atoms with Gasteiger partial charge in [-0.25, -0.2) is 4.39 Å². The summed E-state index contributed by atoms with van der Waals surface area (Å²) >= 11 is 0. The van der Waals surface area contributed by atoms with E-state index in [0.717, 1.165) is 5.56 Å². The molecule has 100 valence electrons. The molecular weight excluding hydrogens is 227 g/mol. The first kappa shape index (κ1) is 13.5. The first-order chi connectivity index (χ1) is 8.74. The summed E-state index contributed by atoms with van der Waals surface area (Å²) < 4.78 is 13.3.